The van der Waals surface area contributed by atoms with Crippen LogP contribution in [0.25, 0.3) is 10.8 Å². The van der Waals surface area contributed by atoms with Gasteiger partial charge in [0.2, 0.25) is 5.91 Å². The molecule has 0 bridgehead atoms. The number of hydrogen-bond donors (Lipinski definition) is 1. The van der Waals surface area contributed by atoms with E-state index in [1.54, 1.807) is 35.2 Å². The first-order chi connectivity index (χ1) is 18.8. The molecule has 198 valence electrons. The molecule has 0 saturated carbocycles. The highest BCUT2D eigenvalue weighted by atomic mass is 79.9. The van der Waals surface area contributed by atoms with Crippen molar-refractivity contribution in [1.29, 1.82) is 0 Å². The normalized spacial score (nSPS) is 14.9. The third kappa shape index (κ3) is 5.81. The van der Waals surface area contributed by atoms with Gasteiger partial charge in [0, 0.05) is 34.2 Å². The summed E-state index contributed by atoms with van der Waals surface area (Å²) >= 11 is 3.47. The Morgan fingerprint density at radius 2 is 1.69 bits per heavy atom. The molecule has 1 N–H and O–H groups in total. The van der Waals surface area contributed by atoms with Gasteiger partial charge < -0.3 is 19.7 Å². The van der Waals surface area contributed by atoms with Crippen molar-refractivity contribution >= 4 is 55.9 Å². The van der Waals surface area contributed by atoms with Gasteiger partial charge in [-0.25, -0.2) is 0 Å². The van der Waals surface area contributed by atoms with Crippen molar-refractivity contribution in [3.8, 4) is 11.5 Å². The number of carbonyl (C=O) groups excluding carboxylic acids is 3. The quantitative estimate of drug-likeness (QED) is 0.248. The molecule has 39 heavy (non-hydrogen) atoms. The Morgan fingerprint density at radius 3 is 2.49 bits per heavy atom. The van der Waals surface area contributed by atoms with E-state index in [0.29, 0.717) is 17.1 Å². The van der Waals surface area contributed by atoms with Crippen LogP contribution in [0, 0.1) is 19.8 Å². The van der Waals surface area contributed by atoms with Crippen LogP contribution in [-0.2, 0) is 19.1 Å². The van der Waals surface area contributed by atoms with Crippen LogP contribution in [0.3, 0.4) is 0 Å². The Balaban J connectivity index is 1.17. The molecule has 7 nitrogen and oxygen atoms in total. The van der Waals surface area contributed by atoms with E-state index >= 15 is 0 Å². The lowest BCUT2D eigenvalue weighted by Crippen LogP contribution is -2.28. The Morgan fingerprint density at radius 1 is 0.949 bits per heavy atom. The van der Waals surface area contributed by atoms with Crippen LogP contribution in [0.5, 0.6) is 11.5 Å². The third-order valence-electron chi connectivity index (χ3n) is 6.92. The first kappa shape index (κ1) is 26.4. The molecule has 1 aliphatic heterocycles. The second-order valence-electron chi connectivity index (χ2n) is 9.48. The standard InChI is InChI=1S/C31H27BrN2O5/c1-19-20(2)27(15-14-26(19)32)33-29(35)18-38-31(37)22-16-30(36)34(17-22)23-10-12-24(13-11-23)39-28-9-5-7-21-6-3-4-8-25(21)28/h3-15,22H,16-18H2,1-2H3,(H,33,35)/t22-/m1/s1. The molecular weight excluding hydrogens is 560 g/mol. The van der Waals surface area contributed by atoms with Crippen LogP contribution in [0.15, 0.2) is 83.3 Å². The number of halogens is 1. The summed E-state index contributed by atoms with van der Waals surface area (Å²) in [5, 5.41) is 4.87. The van der Waals surface area contributed by atoms with Crippen LogP contribution < -0.4 is 15.0 Å². The van der Waals surface area contributed by atoms with Crippen molar-refractivity contribution in [1.82, 2.24) is 0 Å². The van der Waals surface area contributed by atoms with Gasteiger partial charge in [0.1, 0.15) is 11.5 Å². The van der Waals surface area contributed by atoms with Gasteiger partial charge in [0.15, 0.2) is 6.61 Å². The lowest BCUT2D eigenvalue weighted by atomic mass is 10.1. The molecule has 1 heterocycles. The van der Waals surface area contributed by atoms with Crippen LogP contribution >= 0.6 is 15.9 Å². The zero-order chi connectivity index (χ0) is 27.5. The van der Waals surface area contributed by atoms with Crippen molar-refractivity contribution in [3.63, 3.8) is 0 Å². The summed E-state index contributed by atoms with van der Waals surface area (Å²) in [6.45, 7) is 3.62. The molecule has 0 radical (unpaired) electrons. The molecule has 0 aliphatic carbocycles. The van der Waals surface area contributed by atoms with Gasteiger partial charge in [0.25, 0.3) is 5.91 Å². The van der Waals surface area contributed by atoms with E-state index in [0.717, 1.165) is 32.1 Å². The Labute approximate surface area is 234 Å². The van der Waals surface area contributed by atoms with Gasteiger partial charge >= 0.3 is 5.97 Å². The van der Waals surface area contributed by atoms with Gasteiger partial charge in [-0.3, -0.25) is 14.4 Å². The number of benzene rings is 4. The minimum absolute atomic E-state index is 0.0275. The molecule has 8 heteroatoms. The number of fused-ring (bicyclic) bond motifs is 1. The second-order valence-corrected chi connectivity index (χ2v) is 10.3. The van der Waals surface area contributed by atoms with Crippen molar-refractivity contribution in [2.24, 2.45) is 5.92 Å². The first-order valence-corrected chi connectivity index (χ1v) is 13.4. The smallest absolute Gasteiger partial charge is 0.311 e. The second kappa shape index (κ2) is 11.3. The number of nitrogens with zero attached hydrogens (tertiary/aromatic N) is 1. The maximum atomic E-state index is 12.7. The molecule has 0 spiro atoms. The molecule has 0 unspecified atom stereocenters. The molecule has 1 atom stereocenters. The highest BCUT2D eigenvalue weighted by molar-refractivity contribution is 9.10. The van der Waals surface area contributed by atoms with Crippen molar-refractivity contribution in [2.45, 2.75) is 20.3 Å². The molecule has 5 rings (SSSR count). The van der Waals surface area contributed by atoms with Gasteiger partial charge in [-0.1, -0.05) is 52.3 Å². The van der Waals surface area contributed by atoms with Gasteiger partial charge in [-0.15, -0.1) is 0 Å². The minimum atomic E-state index is -0.645. The molecule has 2 amide bonds. The third-order valence-corrected chi connectivity index (χ3v) is 7.78. The summed E-state index contributed by atoms with van der Waals surface area (Å²) in [5.41, 5.74) is 3.27. The zero-order valence-electron chi connectivity index (χ0n) is 21.6. The fraction of sp³-hybridized carbons (Fsp3) is 0.194. The van der Waals surface area contributed by atoms with Gasteiger partial charge in [-0.05, 0) is 72.8 Å². The summed E-state index contributed by atoms with van der Waals surface area (Å²) in [7, 11) is 0. The van der Waals surface area contributed by atoms with E-state index in [4.69, 9.17) is 9.47 Å². The predicted octanol–water partition coefficient (Wildman–Crippen LogP) is 6.55. The molecule has 0 aromatic heterocycles. The zero-order valence-corrected chi connectivity index (χ0v) is 23.2. The van der Waals surface area contributed by atoms with Crippen molar-refractivity contribution in [3.05, 3.63) is 94.5 Å². The number of ether oxygens (including phenoxy) is 2. The minimum Gasteiger partial charge on any atom is -0.457 e. The number of anilines is 2. The van der Waals surface area contributed by atoms with Gasteiger partial charge in [-0.2, -0.15) is 0 Å². The van der Waals surface area contributed by atoms with Crippen molar-refractivity contribution < 1.29 is 23.9 Å². The largest absolute Gasteiger partial charge is 0.457 e. The van der Waals surface area contributed by atoms with E-state index in [-0.39, 0.29) is 18.9 Å². The average molecular weight is 587 g/mol. The summed E-state index contributed by atoms with van der Waals surface area (Å²) in [5.74, 6) is -0.439. The highest BCUT2D eigenvalue weighted by Gasteiger charge is 2.36. The summed E-state index contributed by atoms with van der Waals surface area (Å²) in [6.07, 6.45) is 0.0275. The Kier molecular flexibility index (Phi) is 7.65. The fourth-order valence-corrected chi connectivity index (χ4v) is 5.01. The summed E-state index contributed by atoms with van der Waals surface area (Å²) in [6, 6.07) is 24.7. The molecule has 1 aliphatic rings. The van der Waals surface area contributed by atoms with Crippen LogP contribution in [0.4, 0.5) is 11.4 Å². The summed E-state index contributed by atoms with van der Waals surface area (Å²) < 4.78 is 12.3. The molecule has 4 aromatic rings. The fourth-order valence-electron chi connectivity index (χ4n) is 4.58. The molecule has 1 fully saturated rings. The maximum absolute atomic E-state index is 12.7. The number of rotatable bonds is 7. The van der Waals surface area contributed by atoms with E-state index in [1.807, 2.05) is 62.4 Å². The summed E-state index contributed by atoms with van der Waals surface area (Å²) in [4.78, 5) is 39.3. The first-order valence-electron chi connectivity index (χ1n) is 12.6. The number of amides is 2. The highest BCUT2D eigenvalue weighted by Crippen LogP contribution is 2.32. The monoisotopic (exact) mass is 586 g/mol. The van der Waals surface area contributed by atoms with E-state index in [2.05, 4.69) is 21.2 Å². The topological polar surface area (TPSA) is 84.9 Å². The van der Waals surface area contributed by atoms with Crippen molar-refractivity contribution in [2.75, 3.05) is 23.4 Å². The van der Waals surface area contributed by atoms with Gasteiger partial charge in [0.05, 0.1) is 5.92 Å². The number of hydrogen-bond acceptors (Lipinski definition) is 5. The SMILES string of the molecule is Cc1c(Br)ccc(NC(=O)COC(=O)[C@@H]2CC(=O)N(c3ccc(Oc4cccc5ccccc45)cc3)C2)c1C. The average Bonchev–Trinajstić information content (AvgIpc) is 3.34. The van der Waals surface area contributed by atoms with Crippen LogP contribution in [0.1, 0.15) is 17.5 Å². The van der Waals surface area contributed by atoms with E-state index in [9.17, 15) is 14.4 Å². The Hall–Kier alpha value is -4.17. The number of carbonyl (C=O) groups is 3. The molecule has 4 aromatic carbocycles. The van der Waals surface area contributed by atoms with E-state index in [1.165, 1.54) is 0 Å². The number of esters is 1. The van der Waals surface area contributed by atoms with Crippen LogP contribution in [-0.4, -0.2) is 30.9 Å². The predicted molar refractivity (Wildman–Crippen MR) is 154 cm³/mol. The van der Waals surface area contributed by atoms with Crippen LogP contribution in [0.2, 0.25) is 0 Å². The molecule has 1 saturated heterocycles. The molecular formula is C31H27BrN2O5. The Bertz CT molecular complexity index is 1560. The lowest BCUT2D eigenvalue weighted by molar-refractivity contribution is -0.151. The number of nitrogens with one attached hydrogen (secondary N) is 1. The maximum Gasteiger partial charge on any atom is 0.311 e. The van der Waals surface area contributed by atoms with E-state index < -0.39 is 24.4 Å². The lowest BCUT2D eigenvalue weighted by Gasteiger charge is -2.17.